The largest absolute Gasteiger partial charge is 0.491 e. The summed E-state index contributed by atoms with van der Waals surface area (Å²) in [5.41, 5.74) is -2.34. The van der Waals surface area contributed by atoms with Crippen molar-refractivity contribution in [1.29, 1.82) is 0 Å². The van der Waals surface area contributed by atoms with Crippen LogP contribution < -0.4 is 4.74 Å². The fraction of sp³-hybridized carbons (Fsp3) is 0.517. The molecule has 0 aliphatic heterocycles. The topological polar surface area (TPSA) is 69.9 Å². The number of benzene rings is 2. The van der Waals surface area contributed by atoms with Gasteiger partial charge in [-0.1, -0.05) is 72.8 Å². The smallest absolute Gasteiger partial charge is 0.430 e. The van der Waals surface area contributed by atoms with E-state index in [0.29, 0.717) is 36.7 Å². The summed E-state index contributed by atoms with van der Waals surface area (Å²) in [7, 11) is 0. The van der Waals surface area contributed by atoms with Crippen LogP contribution in [0.25, 0.3) is 6.08 Å². The van der Waals surface area contributed by atoms with Gasteiger partial charge in [-0.2, -0.15) is 26.3 Å². The van der Waals surface area contributed by atoms with Gasteiger partial charge in [-0.25, -0.2) is 0 Å². The minimum Gasteiger partial charge on any atom is -0.491 e. The van der Waals surface area contributed by atoms with Crippen LogP contribution in [-0.2, 0) is 5.41 Å². The molecule has 2 rings (SSSR count). The van der Waals surface area contributed by atoms with Gasteiger partial charge in [0.25, 0.3) is 5.60 Å². The van der Waals surface area contributed by atoms with Gasteiger partial charge in [-0.05, 0) is 73.1 Å². The fourth-order valence-electron chi connectivity index (χ4n) is 4.70. The third-order valence-corrected chi connectivity index (χ3v) is 8.27. The molecule has 0 saturated heterocycles. The maximum Gasteiger partial charge on any atom is 0.430 e. The Labute approximate surface area is 244 Å². The van der Waals surface area contributed by atoms with E-state index < -0.39 is 29.5 Å². The third kappa shape index (κ3) is 7.32. The Morgan fingerprint density at radius 2 is 1.50 bits per heavy atom. The van der Waals surface area contributed by atoms with E-state index in [9.17, 15) is 36.6 Å². The highest BCUT2D eigenvalue weighted by Gasteiger charge is 2.68. The summed E-state index contributed by atoms with van der Waals surface area (Å²) in [5, 5.41) is 28.4. The molecule has 3 unspecified atom stereocenters. The van der Waals surface area contributed by atoms with E-state index in [-0.39, 0.29) is 28.8 Å². The highest BCUT2D eigenvalue weighted by Crippen LogP contribution is 2.46. The average molecular weight is 688 g/mol. The van der Waals surface area contributed by atoms with Crippen LogP contribution in [0.4, 0.5) is 26.3 Å². The average Bonchev–Trinajstić information content (AvgIpc) is 2.85. The van der Waals surface area contributed by atoms with Crippen molar-refractivity contribution in [2.75, 3.05) is 13.2 Å². The van der Waals surface area contributed by atoms with E-state index >= 15 is 0 Å². The Hall–Kier alpha value is -1.83. The molecule has 2 aromatic rings. The monoisotopic (exact) mass is 688 g/mol. The first kappa shape index (κ1) is 34.4. The van der Waals surface area contributed by atoms with Crippen molar-refractivity contribution in [3.8, 4) is 5.75 Å². The van der Waals surface area contributed by atoms with Gasteiger partial charge in [0, 0.05) is 15.9 Å². The van der Waals surface area contributed by atoms with Crippen LogP contribution in [0.2, 0.25) is 0 Å². The van der Waals surface area contributed by atoms with Crippen molar-refractivity contribution in [3.05, 3.63) is 70.3 Å². The summed E-state index contributed by atoms with van der Waals surface area (Å²) in [4.78, 5) is 0. The lowest BCUT2D eigenvalue weighted by Crippen LogP contribution is -2.55. The molecule has 2 aromatic carbocycles. The Bertz CT molecular complexity index is 1150. The minimum absolute atomic E-state index is 0.0154. The van der Waals surface area contributed by atoms with Gasteiger partial charge < -0.3 is 20.1 Å². The highest BCUT2D eigenvalue weighted by molar-refractivity contribution is 14.1. The van der Waals surface area contributed by atoms with Crippen LogP contribution in [0, 0.1) is 13.8 Å². The molecule has 0 spiro atoms. The summed E-state index contributed by atoms with van der Waals surface area (Å²) >= 11 is 2.31. The number of aliphatic hydroxyl groups excluding tert-OH is 2. The summed E-state index contributed by atoms with van der Waals surface area (Å²) < 4.78 is 84.4. The van der Waals surface area contributed by atoms with E-state index in [0.717, 1.165) is 16.7 Å². The number of aliphatic hydroxyl groups is 3. The predicted octanol–water partition coefficient (Wildman–Crippen LogP) is 7.20. The first-order valence-corrected chi connectivity index (χ1v) is 14.0. The first-order valence-electron chi connectivity index (χ1n) is 12.8. The van der Waals surface area contributed by atoms with Crippen molar-refractivity contribution in [2.24, 2.45) is 0 Å². The molecule has 0 aliphatic carbocycles. The molecular weight excluding hydrogens is 653 g/mol. The van der Waals surface area contributed by atoms with Crippen LogP contribution in [0.1, 0.15) is 60.9 Å². The van der Waals surface area contributed by atoms with Crippen molar-refractivity contribution >= 4 is 28.7 Å². The molecule has 0 bridgehead atoms. The number of aryl methyl sites for hydroxylation is 2. The molecule has 0 aromatic heterocycles. The lowest BCUT2D eigenvalue weighted by Gasteiger charge is -2.38. The molecule has 0 amide bonds. The Kier molecular flexibility index (Phi) is 11.5. The summed E-state index contributed by atoms with van der Waals surface area (Å²) in [6, 6.07) is 10.6. The lowest BCUT2D eigenvalue weighted by molar-refractivity contribution is -0.347. The van der Waals surface area contributed by atoms with Gasteiger partial charge in [0.2, 0.25) is 0 Å². The van der Waals surface area contributed by atoms with Gasteiger partial charge in [0.15, 0.2) is 0 Å². The van der Waals surface area contributed by atoms with Crippen molar-refractivity contribution in [2.45, 2.75) is 80.4 Å². The Morgan fingerprint density at radius 1 is 0.950 bits per heavy atom. The second-order valence-corrected chi connectivity index (χ2v) is 11.8. The van der Waals surface area contributed by atoms with Gasteiger partial charge in [0.05, 0.1) is 6.10 Å². The predicted molar refractivity (Wildman–Crippen MR) is 151 cm³/mol. The lowest BCUT2D eigenvalue weighted by atomic mass is 9.69. The molecule has 3 atom stereocenters. The van der Waals surface area contributed by atoms with E-state index in [2.05, 4.69) is 22.6 Å². The van der Waals surface area contributed by atoms with E-state index in [1.807, 2.05) is 39.0 Å². The second-order valence-electron chi connectivity index (χ2n) is 9.92. The maximum atomic E-state index is 13.1. The van der Waals surface area contributed by atoms with Crippen LogP contribution in [0.15, 0.2) is 42.5 Å². The zero-order valence-corrected chi connectivity index (χ0v) is 24.9. The zero-order valence-electron chi connectivity index (χ0n) is 22.7. The number of hydrogen-bond donors (Lipinski definition) is 3. The van der Waals surface area contributed by atoms with Crippen LogP contribution in [0.5, 0.6) is 5.75 Å². The number of hydrogen-bond acceptors (Lipinski definition) is 4. The van der Waals surface area contributed by atoms with Gasteiger partial charge in [-0.3, -0.25) is 0 Å². The first-order chi connectivity index (χ1) is 18.4. The van der Waals surface area contributed by atoms with Gasteiger partial charge in [0.1, 0.15) is 12.4 Å². The molecule has 0 fully saturated rings. The van der Waals surface area contributed by atoms with Gasteiger partial charge in [-0.15, -0.1) is 0 Å². The second kappa shape index (κ2) is 13.4. The summed E-state index contributed by atoms with van der Waals surface area (Å²) in [5.74, 6) is 0.594. The Morgan fingerprint density at radius 3 is 1.95 bits per heavy atom. The normalized spacial score (nSPS) is 16.1. The molecule has 0 radical (unpaired) electrons. The molecule has 4 nitrogen and oxygen atoms in total. The molecule has 0 heterocycles. The van der Waals surface area contributed by atoms with Crippen molar-refractivity contribution in [3.63, 3.8) is 0 Å². The van der Waals surface area contributed by atoms with E-state index in [1.54, 1.807) is 19.1 Å². The molecule has 224 valence electrons. The van der Waals surface area contributed by atoms with Crippen LogP contribution >= 0.6 is 22.6 Å². The minimum atomic E-state index is -5.94. The number of rotatable bonds is 12. The third-order valence-electron chi connectivity index (χ3n) is 7.21. The number of halogens is 7. The fourth-order valence-corrected chi connectivity index (χ4v) is 5.86. The van der Waals surface area contributed by atoms with Crippen LogP contribution in [-0.4, -0.2) is 56.5 Å². The molecule has 0 aliphatic rings. The standard InChI is InChI=1S/C29H35F6IO4/c1-5-26(20(4)36,23-10-11-25(19(3)16-23)40-17-24(38)7-6-14-37)22-9-8-21(18(2)15-22)12-13-27(39,28(30,31)32)29(33,34)35/h8-13,15-16,20,24,37-39H,5-7,14,17H2,1-4H3. The molecule has 11 heteroatoms. The highest BCUT2D eigenvalue weighted by atomic mass is 127. The number of ether oxygens (including phenoxy) is 1. The van der Waals surface area contributed by atoms with Crippen molar-refractivity contribution in [1.82, 2.24) is 0 Å². The van der Waals surface area contributed by atoms with Crippen LogP contribution in [0.3, 0.4) is 0 Å². The molecule has 3 N–H and O–H groups in total. The molecule has 0 saturated carbocycles. The van der Waals surface area contributed by atoms with Gasteiger partial charge >= 0.3 is 12.4 Å². The molecular formula is C29H35F6IO4. The van der Waals surface area contributed by atoms with Crippen molar-refractivity contribution < 1.29 is 46.4 Å². The SMILES string of the molecule is CCC(c1ccc(C=CC(O)(C(F)(F)F)C(F)(F)F)c(C)c1)(c1ccc(OCC(O)CCCO)c(C)c1)C(C)I. The van der Waals surface area contributed by atoms with E-state index in [1.165, 1.54) is 6.07 Å². The maximum absolute atomic E-state index is 13.1. The van der Waals surface area contributed by atoms with E-state index in [4.69, 9.17) is 9.84 Å². The number of alkyl halides is 7. The zero-order chi connectivity index (χ0) is 30.5. The Balaban J connectivity index is 2.46. The quantitative estimate of drug-likeness (QED) is 0.125. The summed E-state index contributed by atoms with van der Waals surface area (Å²) in [6.07, 6.45) is -10.7. The molecule has 40 heavy (non-hydrogen) atoms. The summed E-state index contributed by atoms with van der Waals surface area (Å²) in [6.45, 7) is 7.55.